The smallest absolute Gasteiger partial charge is 0.222 e. The fourth-order valence-electron chi connectivity index (χ4n) is 4.24. The van der Waals surface area contributed by atoms with E-state index < -0.39 is 0 Å². The van der Waals surface area contributed by atoms with Crippen molar-refractivity contribution >= 4 is 28.5 Å². The number of benzene rings is 2. The second-order valence-electron chi connectivity index (χ2n) is 7.70. The van der Waals surface area contributed by atoms with E-state index in [9.17, 15) is 4.79 Å². The molecule has 0 unspecified atom stereocenters. The van der Waals surface area contributed by atoms with Crippen LogP contribution in [-0.2, 0) is 11.3 Å². The predicted octanol–water partition coefficient (Wildman–Crippen LogP) is 5.62. The van der Waals surface area contributed by atoms with E-state index in [4.69, 9.17) is 21.3 Å². The first-order chi connectivity index (χ1) is 14.7. The number of unbranched alkanes of at least 4 members (excludes halogenated alkanes) is 1. The van der Waals surface area contributed by atoms with Gasteiger partial charge in [-0.25, -0.2) is 4.98 Å². The molecule has 0 radical (unpaired) electrons. The number of imidazole rings is 1. The number of aromatic nitrogens is 2. The number of hydrogen-bond acceptors (Lipinski definition) is 3. The van der Waals surface area contributed by atoms with Crippen LogP contribution in [0.2, 0.25) is 5.02 Å². The first-order valence-electron chi connectivity index (χ1n) is 10.8. The number of para-hydroxylation sites is 3. The van der Waals surface area contributed by atoms with Gasteiger partial charge in [0.25, 0.3) is 0 Å². The van der Waals surface area contributed by atoms with Crippen LogP contribution >= 0.6 is 11.6 Å². The zero-order valence-electron chi connectivity index (χ0n) is 17.4. The van der Waals surface area contributed by atoms with Gasteiger partial charge in [-0.05, 0) is 49.9 Å². The van der Waals surface area contributed by atoms with Crippen molar-refractivity contribution in [3.8, 4) is 5.75 Å². The van der Waals surface area contributed by atoms with Gasteiger partial charge in [0.05, 0.1) is 28.7 Å². The molecule has 1 fully saturated rings. The average molecular weight is 426 g/mol. The third-order valence-corrected chi connectivity index (χ3v) is 6.04. The van der Waals surface area contributed by atoms with Gasteiger partial charge in [-0.3, -0.25) is 4.79 Å². The van der Waals surface area contributed by atoms with E-state index in [1.165, 1.54) is 0 Å². The second-order valence-corrected chi connectivity index (χ2v) is 8.10. The summed E-state index contributed by atoms with van der Waals surface area (Å²) in [5.74, 6) is 1.96. The lowest BCUT2D eigenvalue weighted by atomic mass is 10.2. The zero-order valence-corrected chi connectivity index (χ0v) is 18.1. The van der Waals surface area contributed by atoms with Crippen LogP contribution in [-0.4, -0.2) is 33.5 Å². The van der Waals surface area contributed by atoms with E-state index in [-0.39, 0.29) is 11.9 Å². The number of carbonyl (C=O) groups excluding carboxylic acids is 1. The van der Waals surface area contributed by atoms with E-state index in [1.54, 1.807) is 0 Å². The number of halogens is 1. The van der Waals surface area contributed by atoms with Gasteiger partial charge >= 0.3 is 0 Å². The molecule has 0 N–H and O–H groups in total. The van der Waals surface area contributed by atoms with Gasteiger partial charge in [0.15, 0.2) is 0 Å². The molecule has 158 valence electrons. The highest BCUT2D eigenvalue weighted by molar-refractivity contribution is 6.32. The van der Waals surface area contributed by atoms with Crippen molar-refractivity contribution in [2.75, 3.05) is 13.2 Å². The Morgan fingerprint density at radius 2 is 1.97 bits per heavy atom. The Labute approximate surface area is 182 Å². The second kappa shape index (κ2) is 9.52. The molecule has 3 aromatic rings. The Balaban J connectivity index is 1.47. The molecule has 0 bridgehead atoms. The maximum absolute atomic E-state index is 12.4. The Morgan fingerprint density at radius 3 is 2.80 bits per heavy atom. The van der Waals surface area contributed by atoms with Gasteiger partial charge in [0, 0.05) is 19.5 Å². The molecule has 2 heterocycles. The van der Waals surface area contributed by atoms with Crippen LogP contribution in [0.1, 0.15) is 50.9 Å². The van der Waals surface area contributed by atoms with Crippen LogP contribution < -0.4 is 4.74 Å². The highest BCUT2D eigenvalue weighted by Crippen LogP contribution is 2.34. The molecular formula is C24H28ClN3O2. The molecule has 1 saturated heterocycles. The van der Waals surface area contributed by atoms with Crippen LogP contribution in [0.5, 0.6) is 5.75 Å². The summed E-state index contributed by atoms with van der Waals surface area (Å²) in [5.41, 5.74) is 2.13. The number of likely N-dealkylation sites (tertiary alicyclic amines) is 1. The quantitative estimate of drug-likeness (QED) is 0.440. The first-order valence-corrected chi connectivity index (χ1v) is 11.2. The number of fused-ring (bicyclic) bond motifs is 1. The number of ether oxygens (including phenoxy) is 1. The van der Waals surface area contributed by atoms with Crippen molar-refractivity contribution < 1.29 is 9.53 Å². The molecule has 2 aromatic carbocycles. The van der Waals surface area contributed by atoms with Gasteiger partial charge in [-0.2, -0.15) is 0 Å². The average Bonchev–Trinajstić information content (AvgIpc) is 3.39. The third kappa shape index (κ3) is 4.31. The van der Waals surface area contributed by atoms with Crippen molar-refractivity contribution in [1.82, 2.24) is 14.5 Å². The fraction of sp³-hybridized carbons (Fsp3) is 0.417. The molecule has 0 saturated carbocycles. The third-order valence-electron chi connectivity index (χ3n) is 5.73. The molecule has 6 heteroatoms. The van der Waals surface area contributed by atoms with Crippen molar-refractivity contribution in [3.63, 3.8) is 0 Å². The number of carbonyl (C=O) groups is 1. The lowest BCUT2D eigenvalue weighted by molar-refractivity contribution is -0.131. The van der Waals surface area contributed by atoms with Crippen molar-refractivity contribution in [1.29, 1.82) is 0 Å². The van der Waals surface area contributed by atoms with Crippen LogP contribution in [0.15, 0.2) is 48.5 Å². The molecule has 30 heavy (non-hydrogen) atoms. The standard InChI is InChI=1S/C24H28ClN3O2/c1-2-23(29)27-16-9-13-21(27)24-26-19-11-4-5-12-20(19)28(24)15-7-8-17-30-22-14-6-3-10-18(22)25/h3-6,10-12,14,21H,2,7-9,13,15-17H2,1H3/t21-/m1/s1. The zero-order chi connectivity index (χ0) is 20.9. The summed E-state index contributed by atoms with van der Waals surface area (Å²) in [4.78, 5) is 19.4. The van der Waals surface area contributed by atoms with Crippen LogP contribution in [0.3, 0.4) is 0 Å². The number of rotatable bonds is 8. The summed E-state index contributed by atoms with van der Waals surface area (Å²) in [6.07, 6.45) is 4.43. The number of amides is 1. The minimum absolute atomic E-state index is 0.0734. The molecule has 4 rings (SSSR count). The summed E-state index contributed by atoms with van der Waals surface area (Å²) < 4.78 is 8.13. The number of nitrogens with zero attached hydrogens (tertiary/aromatic N) is 3. The van der Waals surface area contributed by atoms with E-state index >= 15 is 0 Å². The van der Waals surface area contributed by atoms with Crippen LogP contribution in [0.25, 0.3) is 11.0 Å². The summed E-state index contributed by atoms with van der Waals surface area (Å²) in [7, 11) is 0. The largest absolute Gasteiger partial charge is 0.492 e. The highest BCUT2D eigenvalue weighted by atomic mass is 35.5. The van der Waals surface area contributed by atoms with E-state index in [0.29, 0.717) is 18.1 Å². The lowest BCUT2D eigenvalue weighted by Gasteiger charge is -2.25. The highest BCUT2D eigenvalue weighted by Gasteiger charge is 2.32. The van der Waals surface area contributed by atoms with Gasteiger partial charge in [-0.15, -0.1) is 0 Å². The van der Waals surface area contributed by atoms with Crippen molar-refractivity contribution in [3.05, 3.63) is 59.4 Å². The molecule has 1 aliphatic rings. The Hall–Kier alpha value is -2.53. The van der Waals surface area contributed by atoms with Gasteiger partial charge < -0.3 is 14.2 Å². The first kappa shape index (κ1) is 20.7. The Bertz CT molecular complexity index is 1020. The topological polar surface area (TPSA) is 47.4 Å². The molecule has 1 aliphatic heterocycles. The fourth-order valence-corrected chi connectivity index (χ4v) is 4.43. The lowest BCUT2D eigenvalue weighted by Crippen LogP contribution is -2.31. The maximum atomic E-state index is 12.4. The van der Waals surface area contributed by atoms with Crippen LogP contribution in [0.4, 0.5) is 0 Å². The van der Waals surface area contributed by atoms with Crippen LogP contribution in [0, 0.1) is 0 Å². The summed E-state index contributed by atoms with van der Waals surface area (Å²) in [6.45, 7) is 4.23. The summed E-state index contributed by atoms with van der Waals surface area (Å²) in [5, 5.41) is 0.641. The van der Waals surface area contributed by atoms with E-state index in [1.807, 2.05) is 42.2 Å². The summed E-state index contributed by atoms with van der Waals surface area (Å²) in [6, 6.07) is 15.9. The van der Waals surface area contributed by atoms with Gasteiger partial charge in [-0.1, -0.05) is 42.8 Å². The predicted molar refractivity (Wildman–Crippen MR) is 120 cm³/mol. The maximum Gasteiger partial charge on any atom is 0.222 e. The van der Waals surface area contributed by atoms with E-state index in [2.05, 4.69) is 22.8 Å². The van der Waals surface area contributed by atoms with Crippen molar-refractivity contribution in [2.24, 2.45) is 0 Å². The van der Waals surface area contributed by atoms with Gasteiger partial charge in [0.1, 0.15) is 11.6 Å². The number of hydrogen-bond donors (Lipinski definition) is 0. The number of aryl methyl sites for hydroxylation is 1. The molecule has 5 nitrogen and oxygen atoms in total. The molecule has 1 amide bonds. The minimum atomic E-state index is 0.0734. The Kier molecular flexibility index (Phi) is 6.58. The normalized spacial score (nSPS) is 16.3. The monoisotopic (exact) mass is 425 g/mol. The molecule has 1 atom stereocenters. The summed E-state index contributed by atoms with van der Waals surface area (Å²) >= 11 is 6.16. The molecule has 1 aromatic heterocycles. The molecule has 0 aliphatic carbocycles. The van der Waals surface area contributed by atoms with Gasteiger partial charge in [0.2, 0.25) is 5.91 Å². The molecule has 0 spiro atoms. The Morgan fingerprint density at radius 1 is 1.17 bits per heavy atom. The van der Waals surface area contributed by atoms with Crippen molar-refractivity contribution in [2.45, 2.75) is 51.6 Å². The minimum Gasteiger partial charge on any atom is -0.492 e. The van der Waals surface area contributed by atoms with E-state index in [0.717, 1.165) is 61.4 Å². The molecular weight excluding hydrogens is 398 g/mol. The SMILES string of the molecule is CCC(=O)N1CCC[C@@H]1c1nc2ccccc2n1CCCCOc1ccccc1Cl.